The minimum atomic E-state index is -0.275. The van der Waals surface area contributed by atoms with Crippen LogP contribution in [0.3, 0.4) is 0 Å². The van der Waals surface area contributed by atoms with Crippen LogP contribution in [-0.2, 0) is 0 Å². The molecule has 0 atom stereocenters. The number of anilines is 1. The Kier molecular flexibility index (Phi) is 4.24. The zero-order valence-corrected chi connectivity index (χ0v) is 13.7. The van der Waals surface area contributed by atoms with Crippen LogP contribution in [0.25, 0.3) is 0 Å². The molecule has 7 heteroatoms. The highest BCUT2D eigenvalue weighted by Gasteiger charge is 2.26. The van der Waals surface area contributed by atoms with E-state index < -0.39 is 0 Å². The number of hydrogen-bond acceptors (Lipinski definition) is 4. The van der Waals surface area contributed by atoms with Gasteiger partial charge in [0, 0.05) is 11.6 Å². The summed E-state index contributed by atoms with van der Waals surface area (Å²) in [4.78, 5) is 14.4. The first kappa shape index (κ1) is 15.8. The molecule has 1 aliphatic heterocycles. The van der Waals surface area contributed by atoms with Gasteiger partial charge in [-0.15, -0.1) is 0 Å². The molecule has 1 heterocycles. The van der Waals surface area contributed by atoms with E-state index in [9.17, 15) is 9.90 Å². The van der Waals surface area contributed by atoms with Gasteiger partial charge in [0.15, 0.2) is 5.75 Å². The van der Waals surface area contributed by atoms with E-state index in [1.807, 2.05) is 0 Å². The number of fused-ring (bicyclic) bond motifs is 1. The third-order valence-electron chi connectivity index (χ3n) is 3.54. The van der Waals surface area contributed by atoms with E-state index in [2.05, 4.69) is 0 Å². The molecule has 0 radical (unpaired) electrons. The highest BCUT2D eigenvalue weighted by molar-refractivity contribution is 6.37. The number of hydrogen-bond donors (Lipinski definition) is 1. The van der Waals surface area contributed by atoms with Crippen LogP contribution in [0.4, 0.5) is 5.69 Å². The van der Waals surface area contributed by atoms with E-state index in [-0.39, 0.29) is 21.7 Å². The van der Waals surface area contributed by atoms with Gasteiger partial charge in [0.2, 0.25) is 0 Å². The first-order valence-electron chi connectivity index (χ1n) is 6.82. The molecule has 0 fully saturated rings. The predicted octanol–water partition coefficient (Wildman–Crippen LogP) is 3.75. The molecular weight excluding hydrogens is 341 g/mol. The maximum absolute atomic E-state index is 12.8. The lowest BCUT2D eigenvalue weighted by atomic mass is 10.1. The van der Waals surface area contributed by atoms with Crippen LogP contribution in [0, 0.1) is 0 Å². The molecule has 3 rings (SSSR count). The van der Waals surface area contributed by atoms with Gasteiger partial charge in [-0.3, -0.25) is 4.79 Å². The second-order valence-corrected chi connectivity index (χ2v) is 5.74. The number of phenols is 1. The van der Waals surface area contributed by atoms with Crippen molar-refractivity contribution in [3.8, 4) is 17.2 Å². The normalized spacial score (nSPS) is 13.3. The van der Waals surface area contributed by atoms with Crippen molar-refractivity contribution in [3.63, 3.8) is 0 Å². The quantitative estimate of drug-likeness (QED) is 0.893. The van der Waals surface area contributed by atoms with Gasteiger partial charge >= 0.3 is 0 Å². The van der Waals surface area contributed by atoms with E-state index in [1.165, 1.54) is 12.1 Å². The molecule has 0 aromatic heterocycles. The zero-order chi connectivity index (χ0) is 16.6. The van der Waals surface area contributed by atoms with Crippen molar-refractivity contribution < 1.29 is 19.4 Å². The lowest BCUT2D eigenvalue weighted by Gasteiger charge is -2.30. The van der Waals surface area contributed by atoms with Gasteiger partial charge in [0.1, 0.15) is 18.1 Å². The number of nitrogens with zero attached hydrogens (tertiary/aromatic N) is 1. The molecule has 2 aromatic carbocycles. The Morgan fingerprint density at radius 1 is 1.26 bits per heavy atom. The Morgan fingerprint density at radius 2 is 1.96 bits per heavy atom. The number of ether oxygens (including phenoxy) is 2. The summed E-state index contributed by atoms with van der Waals surface area (Å²) in [5.74, 6) is 0.703. The number of carbonyl (C=O) groups is 1. The fourth-order valence-corrected chi connectivity index (χ4v) is 2.87. The smallest absolute Gasteiger partial charge is 0.258 e. The van der Waals surface area contributed by atoms with Crippen molar-refractivity contribution in [1.82, 2.24) is 0 Å². The summed E-state index contributed by atoms with van der Waals surface area (Å²) in [7, 11) is 1.56. The third kappa shape index (κ3) is 2.90. The summed E-state index contributed by atoms with van der Waals surface area (Å²) in [5.41, 5.74) is 0.934. The predicted molar refractivity (Wildman–Crippen MR) is 88.3 cm³/mol. The first-order chi connectivity index (χ1) is 11.0. The summed E-state index contributed by atoms with van der Waals surface area (Å²) >= 11 is 11.8. The molecule has 1 N–H and O–H groups in total. The fourth-order valence-electron chi connectivity index (χ4n) is 2.38. The Bertz CT molecular complexity index is 756. The number of benzene rings is 2. The number of halogens is 2. The van der Waals surface area contributed by atoms with E-state index in [0.717, 1.165) is 0 Å². The molecular formula is C16H13Cl2NO4. The maximum atomic E-state index is 12.8. The lowest BCUT2D eigenvalue weighted by Crippen LogP contribution is -2.37. The summed E-state index contributed by atoms with van der Waals surface area (Å²) in [6.45, 7) is 0.764. The van der Waals surface area contributed by atoms with Crippen LogP contribution in [0.5, 0.6) is 17.2 Å². The van der Waals surface area contributed by atoms with Gasteiger partial charge in [-0.05, 0) is 24.3 Å². The van der Waals surface area contributed by atoms with Crippen molar-refractivity contribution in [2.24, 2.45) is 0 Å². The lowest BCUT2D eigenvalue weighted by molar-refractivity contribution is 0.0976. The first-order valence-corrected chi connectivity index (χ1v) is 7.57. The summed E-state index contributed by atoms with van der Waals surface area (Å²) in [6.07, 6.45) is 0. The highest BCUT2D eigenvalue weighted by atomic mass is 35.5. The van der Waals surface area contributed by atoms with E-state index in [1.54, 1.807) is 30.2 Å². The van der Waals surface area contributed by atoms with Crippen LogP contribution in [-0.4, -0.2) is 31.3 Å². The van der Waals surface area contributed by atoms with Crippen molar-refractivity contribution in [2.75, 3.05) is 25.2 Å². The van der Waals surface area contributed by atoms with Crippen molar-refractivity contribution in [1.29, 1.82) is 0 Å². The molecule has 23 heavy (non-hydrogen) atoms. The standard InChI is InChI=1S/C16H13Cl2NO4/c1-22-10-2-3-13-14(8-10)23-5-4-19(13)16(21)9-6-11(17)15(20)12(18)7-9/h2-3,6-8,20H,4-5H2,1H3. The summed E-state index contributed by atoms with van der Waals surface area (Å²) in [6, 6.07) is 8.03. The molecule has 0 bridgehead atoms. The van der Waals surface area contributed by atoms with Gasteiger partial charge in [-0.2, -0.15) is 0 Å². The Labute approximate surface area is 142 Å². The molecule has 5 nitrogen and oxygen atoms in total. The molecule has 0 saturated carbocycles. The second-order valence-electron chi connectivity index (χ2n) is 4.93. The van der Waals surface area contributed by atoms with Crippen molar-refractivity contribution >= 4 is 34.8 Å². The van der Waals surface area contributed by atoms with Gasteiger partial charge < -0.3 is 19.5 Å². The van der Waals surface area contributed by atoms with Gasteiger partial charge in [0.05, 0.1) is 29.4 Å². The monoisotopic (exact) mass is 353 g/mol. The highest BCUT2D eigenvalue weighted by Crippen LogP contribution is 2.37. The maximum Gasteiger partial charge on any atom is 0.258 e. The number of aromatic hydroxyl groups is 1. The average molecular weight is 354 g/mol. The van der Waals surface area contributed by atoms with Gasteiger partial charge in [-0.25, -0.2) is 0 Å². The fraction of sp³-hybridized carbons (Fsp3) is 0.188. The van der Waals surface area contributed by atoms with Gasteiger partial charge in [-0.1, -0.05) is 23.2 Å². The molecule has 0 aliphatic carbocycles. The van der Waals surface area contributed by atoms with E-state index in [4.69, 9.17) is 32.7 Å². The molecule has 120 valence electrons. The van der Waals surface area contributed by atoms with Crippen LogP contribution in [0.2, 0.25) is 10.0 Å². The van der Waals surface area contributed by atoms with Crippen molar-refractivity contribution in [2.45, 2.75) is 0 Å². The van der Waals surface area contributed by atoms with E-state index >= 15 is 0 Å². The molecule has 0 unspecified atom stereocenters. The minimum Gasteiger partial charge on any atom is -0.505 e. The van der Waals surface area contributed by atoms with Crippen LogP contribution >= 0.6 is 23.2 Å². The van der Waals surface area contributed by atoms with Crippen molar-refractivity contribution in [3.05, 3.63) is 45.9 Å². The minimum absolute atomic E-state index is 0.0315. The number of rotatable bonds is 2. The number of carbonyl (C=O) groups excluding carboxylic acids is 1. The number of phenolic OH excluding ortho intramolecular Hbond substituents is 1. The topological polar surface area (TPSA) is 59.0 Å². The Hall–Kier alpha value is -2.11. The summed E-state index contributed by atoms with van der Waals surface area (Å²) < 4.78 is 10.7. The second kappa shape index (κ2) is 6.18. The summed E-state index contributed by atoms with van der Waals surface area (Å²) in [5, 5.41) is 9.68. The average Bonchev–Trinajstić information content (AvgIpc) is 2.57. The number of amides is 1. The molecule has 1 aliphatic rings. The Balaban J connectivity index is 1.99. The van der Waals surface area contributed by atoms with E-state index in [0.29, 0.717) is 35.9 Å². The molecule has 0 saturated heterocycles. The molecule has 2 aromatic rings. The third-order valence-corrected chi connectivity index (χ3v) is 4.12. The molecule has 1 amide bonds. The molecule has 0 spiro atoms. The van der Waals surface area contributed by atoms with Crippen LogP contribution in [0.1, 0.15) is 10.4 Å². The largest absolute Gasteiger partial charge is 0.505 e. The van der Waals surface area contributed by atoms with Crippen LogP contribution in [0.15, 0.2) is 30.3 Å². The Morgan fingerprint density at radius 3 is 2.61 bits per heavy atom. The van der Waals surface area contributed by atoms with Gasteiger partial charge in [0.25, 0.3) is 5.91 Å². The SMILES string of the molecule is COc1ccc2c(c1)OCCN2C(=O)c1cc(Cl)c(O)c(Cl)c1. The zero-order valence-electron chi connectivity index (χ0n) is 12.2. The number of methoxy groups -OCH3 is 1. The van der Waals surface area contributed by atoms with Crippen LogP contribution < -0.4 is 14.4 Å².